The molecule has 4 rings (SSSR count). The Morgan fingerprint density at radius 1 is 1.29 bits per heavy atom. The highest BCUT2D eigenvalue weighted by Gasteiger charge is 2.27. The van der Waals surface area contributed by atoms with Gasteiger partial charge in [-0.2, -0.15) is 0 Å². The first-order valence-electron chi connectivity index (χ1n) is 10.2. The summed E-state index contributed by atoms with van der Waals surface area (Å²) >= 11 is 3.55. The number of benzene rings is 2. The first-order valence-corrected chi connectivity index (χ1v) is 11.0. The number of fused-ring (bicyclic) bond motifs is 1. The minimum absolute atomic E-state index is 0.211. The van der Waals surface area contributed by atoms with E-state index in [0.717, 1.165) is 27.8 Å². The summed E-state index contributed by atoms with van der Waals surface area (Å²) in [6.45, 7) is 3.93. The lowest BCUT2D eigenvalue weighted by Gasteiger charge is -2.36. The Morgan fingerprint density at radius 2 is 2.16 bits per heavy atom. The van der Waals surface area contributed by atoms with Gasteiger partial charge in [-0.15, -0.1) is 0 Å². The van der Waals surface area contributed by atoms with E-state index in [2.05, 4.69) is 44.5 Å². The van der Waals surface area contributed by atoms with Gasteiger partial charge in [0.05, 0.1) is 32.3 Å². The molecule has 0 saturated heterocycles. The highest BCUT2D eigenvalue weighted by molar-refractivity contribution is 9.10. The van der Waals surface area contributed by atoms with E-state index in [-0.39, 0.29) is 6.17 Å². The van der Waals surface area contributed by atoms with Gasteiger partial charge < -0.3 is 19.4 Å². The molecule has 8 nitrogen and oxygen atoms in total. The van der Waals surface area contributed by atoms with Crippen molar-refractivity contribution in [1.29, 1.82) is 0 Å². The molecule has 9 heteroatoms. The van der Waals surface area contributed by atoms with E-state index in [1.807, 2.05) is 35.0 Å². The van der Waals surface area contributed by atoms with Crippen molar-refractivity contribution in [3.05, 3.63) is 64.7 Å². The number of hydrogen-bond acceptors (Lipinski definition) is 7. The van der Waals surface area contributed by atoms with Crippen LogP contribution in [0.15, 0.2) is 53.5 Å². The van der Waals surface area contributed by atoms with Gasteiger partial charge in [0.15, 0.2) is 11.5 Å². The number of hydrogen-bond donors (Lipinski definition) is 3. The zero-order valence-corrected chi connectivity index (χ0v) is 19.2. The number of ether oxygens (including phenoxy) is 2. The van der Waals surface area contributed by atoms with Crippen molar-refractivity contribution in [1.82, 2.24) is 14.9 Å². The summed E-state index contributed by atoms with van der Waals surface area (Å²) in [6, 6.07) is 10.1. The van der Waals surface area contributed by atoms with Gasteiger partial charge in [-0.1, -0.05) is 22.9 Å². The van der Waals surface area contributed by atoms with Crippen LogP contribution in [0.3, 0.4) is 0 Å². The molecule has 2 aromatic carbocycles. The summed E-state index contributed by atoms with van der Waals surface area (Å²) in [5.74, 6) is 7.98. The number of nitrogens with two attached hydrogens (primary N) is 1. The Kier molecular flexibility index (Phi) is 6.64. The molecule has 1 aliphatic rings. The number of halogens is 1. The maximum atomic E-state index is 6.62. The fraction of sp³-hybridized carbons (Fsp3) is 0.318. The zero-order valence-electron chi connectivity index (χ0n) is 17.6. The second-order valence-corrected chi connectivity index (χ2v) is 8.15. The molecule has 164 valence electrons. The van der Waals surface area contributed by atoms with Gasteiger partial charge in [-0.3, -0.25) is 10.3 Å². The standard InChI is InChI=1S/C22H27BrN6O2/c1-3-15-10-16(23)4-5-19(15)29(24)22-17-11-20(30-2)21(12-18(17)26-13-27-22)31-9-8-28-7-6-25-14-28/h4-7,10-12,14,22,26-27H,3,8-9,13,24H2,1-2H3. The normalized spacial score (nSPS) is 15.2. The molecule has 0 fully saturated rings. The summed E-state index contributed by atoms with van der Waals surface area (Å²) < 4.78 is 14.7. The molecule has 0 bridgehead atoms. The van der Waals surface area contributed by atoms with Crippen molar-refractivity contribution < 1.29 is 9.47 Å². The van der Waals surface area contributed by atoms with Crippen LogP contribution in [0.4, 0.5) is 11.4 Å². The summed E-state index contributed by atoms with van der Waals surface area (Å²) in [6.07, 6.45) is 6.11. The second-order valence-electron chi connectivity index (χ2n) is 7.23. The average molecular weight is 487 g/mol. The number of aromatic nitrogens is 2. The van der Waals surface area contributed by atoms with Crippen LogP contribution in [0.5, 0.6) is 11.5 Å². The van der Waals surface area contributed by atoms with E-state index in [1.54, 1.807) is 24.6 Å². The van der Waals surface area contributed by atoms with Crippen molar-refractivity contribution in [2.24, 2.45) is 5.84 Å². The molecule has 0 radical (unpaired) electrons. The number of methoxy groups -OCH3 is 1. The number of aryl methyl sites for hydroxylation is 1. The molecule has 0 saturated carbocycles. The first kappa shape index (κ1) is 21.5. The number of hydrazine groups is 1. The molecule has 3 aromatic rings. The fourth-order valence-corrected chi connectivity index (χ4v) is 4.15. The molecule has 0 amide bonds. The Bertz CT molecular complexity index is 1030. The van der Waals surface area contributed by atoms with E-state index in [0.29, 0.717) is 31.3 Å². The number of nitrogens with one attached hydrogen (secondary N) is 2. The van der Waals surface area contributed by atoms with Crippen molar-refractivity contribution in [3.63, 3.8) is 0 Å². The molecular weight excluding hydrogens is 460 g/mol. The van der Waals surface area contributed by atoms with Crippen molar-refractivity contribution in [3.8, 4) is 11.5 Å². The minimum Gasteiger partial charge on any atom is -0.493 e. The van der Waals surface area contributed by atoms with E-state index in [9.17, 15) is 0 Å². The first-order chi connectivity index (χ1) is 15.1. The Morgan fingerprint density at radius 3 is 2.90 bits per heavy atom. The molecule has 31 heavy (non-hydrogen) atoms. The van der Waals surface area contributed by atoms with E-state index < -0.39 is 0 Å². The summed E-state index contributed by atoms with van der Waals surface area (Å²) in [5, 5.41) is 8.61. The van der Waals surface area contributed by atoms with E-state index in [4.69, 9.17) is 15.3 Å². The lowest BCUT2D eigenvalue weighted by atomic mass is 10.0. The molecule has 1 atom stereocenters. The topological polar surface area (TPSA) is 89.6 Å². The molecule has 1 aliphatic heterocycles. The van der Waals surface area contributed by atoms with Crippen LogP contribution in [-0.2, 0) is 13.0 Å². The fourth-order valence-electron chi connectivity index (χ4n) is 3.74. The van der Waals surface area contributed by atoms with E-state index >= 15 is 0 Å². The minimum atomic E-state index is -0.211. The molecular formula is C22H27BrN6O2. The highest BCUT2D eigenvalue weighted by Crippen LogP contribution is 2.39. The SMILES string of the molecule is CCc1cc(Br)ccc1N(N)C1NCNc2cc(OCCn3ccnc3)c(OC)cc21. The number of imidazole rings is 1. The zero-order chi connectivity index (χ0) is 21.8. The summed E-state index contributed by atoms with van der Waals surface area (Å²) in [4.78, 5) is 4.05. The van der Waals surface area contributed by atoms with Gasteiger partial charge in [0.1, 0.15) is 12.8 Å². The molecule has 1 aromatic heterocycles. The van der Waals surface area contributed by atoms with E-state index in [1.165, 1.54) is 5.56 Å². The summed E-state index contributed by atoms with van der Waals surface area (Å²) in [5.41, 5.74) is 4.12. The lowest BCUT2D eigenvalue weighted by molar-refractivity contribution is 0.279. The van der Waals surface area contributed by atoms with Crippen LogP contribution >= 0.6 is 15.9 Å². The van der Waals surface area contributed by atoms with Gasteiger partial charge in [-0.05, 0) is 36.2 Å². The van der Waals surface area contributed by atoms with Crippen molar-refractivity contribution in [2.75, 3.05) is 30.7 Å². The molecule has 1 unspecified atom stereocenters. The molecule has 0 aliphatic carbocycles. The van der Waals surface area contributed by atoms with Crippen LogP contribution in [0.25, 0.3) is 0 Å². The number of rotatable bonds is 8. The third kappa shape index (κ3) is 4.63. The van der Waals surface area contributed by atoms with Gasteiger partial charge in [0.2, 0.25) is 0 Å². The quantitative estimate of drug-likeness (QED) is 0.330. The molecule has 4 N–H and O–H groups in total. The van der Waals surface area contributed by atoms with Gasteiger partial charge >= 0.3 is 0 Å². The third-order valence-electron chi connectivity index (χ3n) is 5.35. The smallest absolute Gasteiger partial charge is 0.163 e. The molecule has 2 heterocycles. The summed E-state index contributed by atoms with van der Waals surface area (Å²) in [7, 11) is 1.65. The Hall–Kier alpha value is -2.75. The molecule has 0 spiro atoms. The largest absolute Gasteiger partial charge is 0.493 e. The van der Waals surface area contributed by atoms with Gasteiger partial charge in [0, 0.05) is 34.2 Å². The Balaban J connectivity index is 1.59. The van der Waals surface area contributed by atoms with Crippen LogP contribution in [0, 0.1) is 0 Å². The lowest BCUT2D eigenvalue weighted by Crippen LogP contribution is -2.47. The number of nitrogens with zero attached hydrogens (tertiary/aromatic N) is 3. The number of anilines is 2. The second kappa shape index (κ2) is 9.59. The average Bonchev–Trinajstić information content (AvgIpc) is 3.31. The van der Waals surface area contributed by atoms with Crippen LogP contribution < -0.4 is 31.0 Å². The highest BCUT2D eigenvalue weighted by atomic mass is 79.9. The third-order valence-corrected chi connectivity index (χ3v) is 5.84. The Labute approximate surface area is 190 Å². The van der Waals surface area contributed by atoms with Crippen LogP contribution in [0.2, 0.25) is 0 Å². The van der Waals surface area contributed by atoms with Crippen LogP contribution in [0.1, 0.15) is 24.2 Å². The predicted molar refractivity (Wildman–Crippen MR) is 125 cm³/mol. The van der Waals surface area contributed by atoms with Crippen LogP contribution in [-0.4, -0.2) is 29.9 Å². The monoisotopic (exact) mass is 486 g/mol. The predicted octanol–water partition coefficient (Wildman–Crippen LogP) is 3.65. The van der Waals surface area contributed by atoms with Gasteiger partial charge in [0.25, 0.3) is 0 Å². The van der Waals surface area contributed by atoms with Crippen molar-refractivity contribution >= 4 is 27.3 Å². The van der Waals surface area contributed by atoms with Gasteiger partial charge in [-0.25, -0.2) is 10.8 Å². The van der Waals surface area contributed by atoms with Crippen molar-refractivity contribution in [2.45, 2.75) is 26.1 Å². The maximum Gasteiger partial charge on any atom is 0.163 e. The maximum absolute atomic E-state index is 6.62.